The van der Waals surface area contributed by atoms with Crippen LogP contribution in [0.15, 0.2) is 83.9 Å². The molecule has 3 aliphatic rings. The summed E-state index contributed by atoms with van der Waals surface area (Å²) >= 11 is 6.31. The van der Waals surface area contributed by atoms with E-state index in [1.807, 2.05) is 47.4 Å². The molecule has 58 heavy (non-hydrogen) atoms. The predicted octanol–water partition coefficient (Wildman–Crippen LogP) is 5.65. The standard InChI is InChI=1S/C24H26FNO4.C19H25ClN6O2/c1-15(2)26-21-6-4-3-5-20(21)24(16-7-9-17(25)10-8-16)22(26)12-11-18(27)13-19(28)14-23(29)30;1-22-17-16(18(27)23(2)19(22)28)26(13-21-17)12-9-24-7-10-25(11-8-24)15-6-4-3-5-14(15)20/h3-12,15,18-19,27-28H,13-14H2,1-2H3,(H,29,30);3-6,13,16-17H,7-12H2,1-2H3/b12-11+;/t18-,19-;/m1./s1. The molecule has 15 heteroatoms. The molecule has 0 radical (unpaired) electrons. The highest BCUT2D eigenvalue weighted by Crippen LogP contribution is 2.38. The lowest BCUT2D eigenvalue weighted by atomic mass is 10.0. The first-order chi connectivity index (χ1) is 27.7. The maximum Gasteiger partial charge on any atom is 0.328 e. The summed E-state index contributed by atoms with van der Waals surface area (Å²) < 4.78 is 15.6. The number of aliphatic carboxylic acids is 1. The highest BCUT2D eigenvalue weighted by atomic mass is 35.5. The van der Waals surface area contributed by atoms with Crippen LogP contribution < -0.4 is 4.90 Å². The van der Waals surface area contributed by atoms with Gasteiger partial charge >= 0.3 is 12.0 Å². The van der Waals surface area contributed by atoms with Crippen molar-refractivity contribution in [1.82, 2.24) is 24.2 Å². The minimum Gasteiger partial charge on any atom is -0.481 e. The molecule has 0 aliphatic carbocycles. The number of anilines is 1. The quantitative estimate of drug-likeness (QED) is 0.165. The molecule has 4 atom stereocenters. The molecule has 308 valence electrons. The number of amides is 3. The van der Waals surface area contributed by atoms with Crippen LogP contribution in [0, 0.1) is 5.82 Å². The summed E-state index contributed by atoms with van der Waals surface area (Å²) in [6.07, 6.45) is 2.02. The number of aliphatic imine (C=N–C) groups is 1. The molecule has 13 nitrogen and oxygen atoms in total. The fourth-order valence-electron chi connectivity index (χ4n) is 7.84. The Labute approximate surface area is 342 Å². The third kappa shape index (κ3) is 9.36. The number of aromatic nitrogens is 1. The van der Waals surface area contributed by atoms with Crippen LogP contribution in [-0.2, 0) is 9.59 Å². The van der Waals surface area contributed by atoms with Gasteiger partial charge in [0.2, 0.25) is 0 Å². The van der Waals surface area contributed by atoms with Gasteiger partial charge in [-0.25, -0.2) is 14.2 Å². The number of halogens is 2. The van der Waals surface area contributed by atoms with Crippen LogP contribution in [0.3, 0.4) is 0 Å². The Morgan fingerprint density at radius 2 is 1.62 bits per heavy atom. The van der Waals surface area contributed by atoms with Crippen molar-refractivity contribution >= 4 is 58.5 Å². The van der Waals surface area contributed by atoms with E-state index in [9.17, 15) is 29.0 Å². The Bertz CT molecular complexity index is 2150. The average Bonchev–Trinajstić information content (AvgIpc) is 3.78. The number of rotatable bonds is 12. The van der Waals surface area contributed by atoms with Gasteiger partial charge in [-0.2, -0.15) is 0 Å². The van der Waals surface area contributed by atoms with E-state index in [1.165, 1.54) is 29.0 Å². The van der Waals surface area contributed by atoms with Crippen molar-refractivity contribution in [2.75, 3.05) is 58.3 Å². The molecule has 3 N–H and O–H groups in total. The minimum atomic E-state index is -1.13. The fourth-order valence-corrected chi connectivity index (χ4v) is 8.10. The normalized spacial score (nSPS) is 19.6. The summed E-state index contributed by atoms with van der Waals surface area (Å²) in [5.41, 5.74) is 4.74. The molecule has 4 heterocycles. The second kappa shape index (κ2) is 18.5. The van der Waals surface area contributed by atoms with Gasteiger partial charge in [0.25, 0.3) is 5.91 Å². The topological polar surface area (TPSA) is 145 Å². The van der Waals surface area contributed by atoms with Crippen LogP contribution in [-0.4, -0.2) is 142 Å². The van der Waals surface area contributed by atoms with E-state index >= 15 is 0 Å². The lowest BCUT2D eigenvalue weighted by Gasteiger charge is -2.41. The summed E-state index contributed by atoms with van der Waals surface area (Å²) in [4.78, 5) is 49.2. The van der Waals surface area contributed by atoms with E-state index < -0.39 is 36.8 Å². The third-order valence-corrected chi connectivity index (χ3v) is 11.1. The van der Waals surface area contributed by atoms with Gasteiger partial charge in [0.05, 0.1) is 35.7 Å². The second-order valence-corrected chi connectivity index (χ2v) is 15.5. The zero-order valence-corrected chi connectivity index (χ0v) is 33.9. The first kappa shape index (κ1) is 42.3. The highest BCUT2D eigenvalue weighted by Gasteiger charge is 2.48. The molecule has 0 spiro atoms. The largest absolute Gasteiger partial charge is 0.481 e. The van der Waals surface area contributed by atoms with Crippen LogP contribution >= 0.6 is 11.6 Å². The molecule has 2 unspecified atom stereocenters. The number of fused-ring (bicyclic) bond motifs is 2. The number of urea groups is 1. The molecule has 1 aromatic heterocycles. The molecular weight excluding hydrogens is 765 g/mol. The number of hydrogen-bond donors (Lipinski definition) is 3. The number of likely N-dealkylation sites (N-methyl/N-ethyl adjacent to an activating group) is 2. The smallest absolute Gasteiger partial charge is 0.328 e. The molecule has 3 aromatic carbocycles. The number of imide groups is 1. The SMILES string of the molecule is CC(C)n1c(/C=C/[C@@H](O)C[C@@H](O)CC(=O)O)c(-c2ccc(F)cc2)c2ccccc21.CN1C(=O)C2C(N=CN2CCN2CCN(c3ccccc3Cl)CC2)N(C)C1=O. The summed E-state index contributed by atoms with van der Waals surface area (Å²) in [5.74, 6) is -1.61. The number of carbonyl (C=O) groups is 3. The molecule has 3 amide bonds. The molecule has 2 fully saturated rings. The van der Waals surface area contributed by atoms with E-state index in [0.29, 0.717) is 6.54 Å². The van der Waals surface area contributed by atoms with E-state index in [4.69, 9.17) is 16.7 Å². The number of piperazine rings is 1. The van der Waals surface area contributed by atoms with E-state index in [1.54, 1.807) is 37.7 Å². The van der Waals surface area contributed by atoms with Gasteiger partial charge in [0.1, 0.15) is 5.82 Å². The average molecular weight is 816 g/mol. The maximum absolute atomic E-state index is 13.5. The maximum atomic E-state index is 13.5. The summed E-state index contributed by atoms with van der Waals surface area (Å²) in [6.45, 7) is 9.40. The zero-order valence-electron chi connectivity index (χ0n) is 33.2. The fraction of sp³-hybridized carbons (Fsp3) is 0.395. The number of benzene rings is 3. The number of aliphatic hydroxyl groups excluding tert-OH is 2. The van der Waals surface area contributed by atoms with Crippen LogP contribution in [0.5, 0.6) is 0 Å². The van der Waals surface area contributed by atoms with Gasteiger partial charge in [-0.1, -0.05) is 60.1 Å². The molecule has 3 aliphatic heterocycles. The van der Waals surface area contributed by atoms with Crippen molar-refractivity contribution in [2.24, 2.45) is 4.99 Å². The predicted molar refractivity (Wildman–Crippen MR) is 224 cm³/mol. The summed E-state index contributed by atoms with van der Waals surface area (Å²) in [5, 5.41) is 30.7. The molecule has 0 bridgehead atoms. The number of carboxylic acids is 1. The minimum absolute atomic E-state index is 0.0728. The van der Waals surface area contributed by atoms with Gasteiger partial charge < -0.3 is 34.6 Å². The van der Waals surface area contributed by atoms with E-state index in [0.717, 1.165) is 71.2 Å². The monoisotopic (exact) mass is 815 g/mol. The Morgan fingerprint density at radius 3 is 2.29 bits per heavy atom. The number of carbonyl (C=O) groups excluding carboxylic acids is 2. The Hall–Kier alpha value is -5.28. The molecule has 4 aromatic rings. The first-order valence-electron chi connectivity index (χ1n) is 19.4. The molecule has 0 saturated carbocycles. The van der Waals surface area contributed by atoms with Crippen LogP contribution in [0.4, 0.5) is 14.9 Å². The highest BCUT2D eigenvalue weighted by molar-refractivity contribution is 6.33. The number of aliphatic hydroxyl groups is 2. The Kier molecular flexibility index (Phi) is 13.5. The van der Waals surface area contributed by atoms with Crippen LogP contribution in [0.2, 0.25) is 5.02 Å². The molecular formula is C43H51ClFN7O6. The lowest BCUT2D eigenvalue weighted by Crippen LogP contribution is -2.64. The van der Waals surface area contributed by atoms with Gasteiger partial charge in [-0.15, -0.1) is 0 Å². The summed E-state index contributed by atoms with van der Waals surface area (Å²) in [7, 11) is 3.22. The number of hydrogen-bond acceptors (Lipinski definition) is 9. The van der Waals surface area contributed by atoms with Crippen molar-refractivity contribution in [3.63, 3.8) is 0 Å². The van der Waals surface area contributed by atoms with Gasteiger partial charge in [-0.3, -0.25) is 19.4 Å². The van der Waals surface area contributed by atoms with Gasteiger partial charge in [0.15, 0.2) is 12.2 Å². The Morgan fingerprint density at radius 1 is 0.948 bits per heavy atom. The molecule has 2 saturated heterocycles. The zero-order chi connectivity index (χ0) is 41.7. The first-order valence-corrected chi connectivity index (χ1v) is 19.8. The van der Waals surface area contributed by atoms with Crippen LogP contribution in [0.1, 0.15) is 38.4 Å². The van der Waals surface area contributed by atoms with E-state index in [-0.39, 0.29) is 30.2 Å². The lowest BCUT2D eigenvalue weighted by molar-refractivity contribution is -0.139. The van der Waals surface area contributed by atoms with Gasteiger partial charge in [-0.05, 0) is 55.8 Å². The van der Waals surface area contributed by atoms with Crippen molar-refractivity contribution < 1.29 is 34.1 Å². The summed E-state index contributed by atoms with van der Waals surface area (Å²) in [6, 6.07) is 21.6. The number of carboxylic acid groups (broad SMARTS) is 1. The second-order valence-electron chi connectivity index (χ2n) is 15.1. The van der Waals surface area contributed by atoms with Crippen LogP contribution in [0.25, 0.3) is 28.1 Å². The van der Waals surface area contributed by atoms with Crippen molar-refractivity contribution in [3.8, 4) is 11.1 Å². The Balaban J connectivity index is 0.000000196. The third-order valence-electron chi connectivity index (χ3n) is 10.8. The number of nitrogens with zero attached hydrogens (tertiary/aromatic N) is 7. The van der Waals surface area contributed by atoms with Crippen molar-refractivity contribution in [1.29, 1.82) is 0 Å². The van der Waals surface area contributed by atoms with Gasteiger partial charge in [0, 0.05) is 88.0 Å². The van der Waals surface area contributed by atoms with E-state index in [2.05, 4.69) is 39.3 Å². The van der Waals surface area contributed by atoms with Crippen molar-refractivity contribution in [2.45, 2.75) is 57.1 Å². The van der Waals surface area contributed by atoms with Crippen molar-refractivity contribution in [3.05, 3.63) is 95.4 Å². The molecule has 7 rings (SSSR count). The number of para-hydroxylation sites is 2.